The molecule has 0 radical (unpaired) electrons. The first-order valence-corrected chi connectivity index (χ1v) is 17.4. The molecule has 7 rings (SSSR count). The summed E-state index contributed by atoms with van der Waals surface area (Å²) in [5.41, 5.74) is 1.32. The zero-order valence-electron chi connectivity index (χ0n) is 28.3. The number of anilines is 1. The number of hydrogen-bond acceptors (Lipinski definition) is 5. The molecule has 4 unspecified atom stereocenters. The Labute approximate surface area is 286 Å². The second-order valence-electron chi connectivity index (χ2n) is 14.6. The summed E-state index contributed by atoms with van der Waals surface area (Å²) in [7, 11) is 0. The molecule has 9 heteroatoms. The highest BCUT2D eigenvalue weighted by Crippen LogP contribution is 2.59. The van der Waals surface area contributed by atoms with Crippen molar-refractivity contribution in [1.82, 2.24) is 4.90 Å². The average molecular weight is 679 g/mol. The van der Waals surface area contributed by atoms with Crippen molar-refractivity contribution in [2.45, 2.75) is 82.6 Å². The minimum absolute atomic E-state index is 0.0394. The van der Waals surface area contributed by atoms with E-state index in [0.717, 1.165) is 61.5 Å². The summed E-state index contributed by atoms with van der Waals surface area (Å²) in [4.78, 5) is 18.7. The quantitative estimate of drug-likeness (QED) is 0.163. The van der Waals surface area contributed by atoms with E-state index >= 15 is 0 Å². The van der Waals surface area contributed by atoms with Crippen LogP contribution >= 0.6 is 0 Å². The van der Waals surface area contributed by atoms with Crippen LogP contribution in [0.15, 0.2) is 78.4 Å². The Bertz CT molecular complexity index is 1680. The molecule has 2 N–H and O–H groups in total. The van der Waals surface area contributed by atoms with Gasteiger partial charge in [0.25, 0.3) is 0 Å². The van der Waals surface area contributed by atoms with Gasteiger partial charge in [0.1, 0.15) is 5.82 Å². The summed E-state index contributed by atoms with van der Waals surface area (Å²) in [5.74, 6) is -0.984. The summed E-state index contributed by atoms with van der Waals surface area (Å²) in [5, 5.41) is 23.5. The third-order valence-electron chi connectivity index (χ3n) is 11.4. The summed E-state index contributed by atoms with van der Waals surface area (Å²) >= 11 is 0. The fourth-order valence-electron chi connectivity index (χ4n) is 8.37. The number of carbonyl (C=O) groups is 1. The summed E-state index contributed by atoms with van der Waals surface area (Å²) in [6.45, 7) is 7.59. The molecule has 1 aliphatic heterocycles. The number of aliphatic hydroxyl groups excluding tert-OH is 1. The normalized spacial score (nSPS) is 27.0. The Morgan fingerprint density at radius 2 is 1.69 bits per heavy atom. The van der Waals surface area contributed by atoms with E-state index < -0.39 is 34.6 Å². The smallest absolute Gasteiger partial charge is 0.393 e. The van der Waals surface area contributed by atoms with Gasteiger partial charge in [0.05, 0.1) is 17.3 Å². The fraction of sp³-hybridized carbons (Fsp3) is 0.475. The van der Waals surface area contributed by atoms with E-state index in [2.05, 4.69) is 29.7 Å². The minimum Gasteiger partial charge on any atom is -0.393 e. The maximum absolute atomic E-state index is 14.2. The lowest BCUT2D eigenvalue weighted by Gasteiger charge is -2.47. The molecule has 2 fully saturated rings. The second-order valence-corrected chi connectivity index (χ2v) is 14.6. The summed E-state index contributed by atoms with van der Waals surface area (Å²) in [6, 6.07) is 16.6. The highest BCUT2D eigenvalue weighted by atomic mass is 19.4. The first-order valence-electron chi connectivity index (χ1n) is 17.4. The molecule has 4 aliphatic rings. The number of aliphatic hydroxyl groups is 2. The number of β-amino-alcohol motifs (C(OH)–C–C–N with tert-alkyl or cyclic N) is 1. The van der Waals surface area contributed by atoms with Gasteiger partial charge in [-0.05, 0) is 111 Å². The van der Waals surface area contributed by atoms with Gasteiger partial charge in [-0.15, -0.1) is 0 Å². The Morgan fingerprint density at radius 1 is 0.959 bits per heavy atom. The van der Waals surface area contributed by atoms with E-state index in [-0.39, 0.29) is 17.3 Å². The Hall–Kier alpha value is -3.53. The number of allylic oxidation sites excluding steroid dienone is 2. The number of fused-ring (bicyclic) bond motifs is 8. The molecular formula is C40H46F4N2O3. The van der Waals surface area contributed by atoms with E-state index in [1.807, 2.05) is 12.1 Å². The molecule has 5 nitrogen and oxygen atoms in total. The van der Waals surface area contributed by atoms with Crippen molar-refractivity contribution in [3.8, 4) is 0 Å². The van der Waals surface area contributed by atoms with Crippen molar-refractivity contribution in [2.24, 2.45) is 5.41 Å². The molecule has 49 heavy (non-hydrogen) atoms. The van der Waals surface area contributed by atoms with Gasteiger partial charge in [0, 0.05) is 55.0 Å². The molecule has 0 spiro atoms. The van der Waals surface area contributed by atoms with Crippen molar-refractivity contribution in [3.63, 3.8) is 0 Å². The number of halogens is 4. The number of carbonyl (C=O) groups excluding carboxylic acids is 1. The lowest BCUT2D eigenvalue weighted by molar-refractivity contribution is -0.137. The van der Waals surface area contributed by atoms with Crippen LogP contribution in [0.3, 0.4) is 0 Å². The van der Waals surface area contributed by atoms with Crippen molar-refractivity contribution in [1.29, 1.82) is 0 Å². The Morgan fingerprint density at radius 3 is 2.41 bits per heavy atom. The maximum Gasteiger partial charge on any atom is 0.416 e. The minimum atomic E-state index is -4.59. The second kappa shape index (κ2) is 14.0. The molecular weight excluding hydrogens is 632 g/mol. The van der Waals surface area contributed by atoms with Crippen LogP contribution < -0.4 is 4.90 Å². The molecule has 3 aromatic rings. The fourth-order valence-corrected chi connectivity index (χ4v) is 8.37. The molecule has 4 atom stereocenters. The molecule has 1 heterocycles. The average Bonchev–Trinajstić information content (AvgIpc) is 3.32. The topological polar surface area (TPSA) is 64.0 Å². The summed E-state index contributed by atoms with van der Waals surface area (Å²) in [6.07, 6.45) is 1.08. The third kappa shape index (κ3) is 7.49. The first kappa shape index (κ1) is 35.3. The molecule has 3 aromatic carbocycles. The van der Waals surface area contributed by atoms with E-state index in [4.69, 9.17) is 0 Å². The Balaban J connectivity index is 1.34. The largest absolute Gasteiger partial charge is 0.416 e. The molecule has 2 bridgehead atoms. The molecule has 0 amide bonds. The monoisotopic (exact) mass is 678 g/mol. The zero-order valence-corrected chi connectivity index (χ0v) is 28.3. The van der Waals surface area contributed by atoms with E-state index in [1.165, 1.54) is 29.8 Å². The van der Waals surface area contributed by atoms with Crippen LogP contribution in [-0.4, -0.2) is 65.3 Å². The number of alkyl halides is 3. The van der Waals surface area contributed by atoms with Crippen LogP contribution in [0.2, 0.25) is 0 Å². The molecule has 3 aliphatic carbocycles. The maximum atomic E-state index is 14.2. The molecule has 1 saturated heterocycles. The van der Waals surface area contributed by atoms with Crippen LogP contribution in [0.1, 0.15) is 90.9 Å². The third-order valence-corrected chi connectivity index (χ3v) is 11.4. The predicted molar refractivity (Wildman–Crippen MR) is 183 cm³/mol. The standard InChI is InChI=1S/C40H46F4N2O3/c1-27-5-4-17-38(2)36(16-18-39(38,49)26-45-19-21-46(22-20-45)32-12-10-31(41)11-13-32)34-15-9-28(23-33(47)14-8-27)24-35(34)37(48)29-6-3-7-30(25-29)40(42,43)44/h3,5-7,9-13,15,24-25,33,36,47,49H,4,8,14,16-23,26H2,1-2H3. The number of benzene rings is 3. The number of nitrogens with zero attached hydrogens (tertiary/aromatic N) is 2. The van der Waals surface area contributed by atoms with Gasteiger partial charge in [-0.1, -0.05) is 42.8 Å². The lowest BCUT2D eigenvalue weighted by atomic mass is 9.64. The predicted octanol–water partition coefficient (Wildman–Crippen LogP) is 7.94. The van der Waals surface area contributed by atoms with Crippen molar-refractivity contribution < 1.29 is 32.6 Å². The highest BCUT2D eigenvalue weighted by Gasteiger charge is 2.57. The van der Waals surface area contributed by atoms with Gasteiger partial charge < -0.3 is 15.1 Å². The van der Waals surface area contributed by atoms with Crippen LogP contribution in [0, 0.1) is 11.2 Å². The zero-order chi connectivity index (χ0) is 35.0. The molecule has 0 aromatic heterocycles. The van der Waals surface area contributed by atoms with Gasteiger partial charge in [-0.25, -0.2) is 4.39 Å². The van der Waals surface area contributed by atoms with Gasteiger partial charge in [0.15, 0.2) is 5.78 Å². The Kier molecular flexibility index (Phi) is 10.1. The highest BCUT2D eigenvalue weighted by molar-refractivity contribution is 6.10. The number of hydrogen-bond donors (Lipinski definition) is 2. The van der Waals surface area contributed by atoms with E-state index in [0.29, 0.717) is 50.6 Å². The van der Waals surface area contributed by atoms with E-state index in [9.17, 15) is 32.6 Å². The molecule has 1 saturated carbocycles. The first-order chi connectivity index (χ1) is 23.3. The van der Waals surface area contributed by atoms with Gasteiger partial charge in [-0.2, -0.15) is 13.2 Å². The SMILES string of the molecule is CC1=CCCC2(C)C(CCC2(O)CN2CCN(c3ccc(F)cc3)CC2)c2ccc(cc2C(=O)c2cccc(C(F)(F)F)c2)CC(O)CC1. The van der Waals surface area contributed by atoms with Crippen molar-refractivity contribution >= 4 is 11.5 Å². The van der Waals surface area contributed by atoms with Crippen LogP contribution in [0.5, 0.6) is 0 Å². The number of rotatable bonds is 5. The van der Waals surface area contributed by atoms with Crippen molar-refractivity contribution in [3.05, 3.63) is 112 Å². The van der Waals surface area contributed by atoms with Gasteiger partial charge in [-0.3, -0.25) is 9.69 Å². The van der Waals surface area contributed by atoms with Crippen LogP contribution in [0.25, 0.3) is 0 Å². The lowest BCUT2D eigenvalue weighted by Crippen LogP contribution is -2.56. The van der Waals surface area contributed by atoms with Crippen LogP contribution in [-0.2, 0) is 12.6 Å². The summed E-state index contributed by atoms with van der Waals surface area (Å²) < 4.78 is 54.5. The van der Waals surface area contributed by atoms with Gasteiger partial charge in [0.2, 0.25) is 0 Å². The van der Waals surface area contributed by atoms with Crippen molar-refractivity contribution in [2.75, 3.05) is 37.6 Å². The van der Waals surface area contributed by atoms with Gasteiger partial charge >= 0.3 is 6.18 Å². The number of piperazine rings is 1. The molecule has 262 valence electrons. The van der Waals surface area contributed by atoms with E-state index in [1.54, 1.807) is 18.2 Å². The number of ketones is 1. The van der Waals surface area contributed by atoms with Crippen LogP contribution in [0.4, 0.5) is 23.2 Å².